The molecule has 0 saturated carbocycles. The van der Waals surface area contributed by atoms with Gasteiger partial charge in [0.25, 0.3) is 10.1 Å². The molecule has 0 aliphatic heterocycles. The summed E-state index contributed by atoms with van der Waals surface area (Å²) < 4.78 is 33.2. The summed E-state index contributed by atoms with van der Waals surface area (Å²) in [6, 6.07) is 6.91. The van der Waals surface area contributed by atoms with Crippen LogP contribution in [0.15, 0.2) is 30.5 Å². The Morgan fingerprint density at radius 2 is 2.05 bits per heavy atom. The summed E-state index contributed by atoms with van der Waals surface area (Å²) in [4.78, 5) is 11.7. The molecule has 0 unspecified atom stereocenters. The summed E-state index contributed by atoms with van der Waals surface area (Å²) in [5.74, 6) is -0.692. The van der Waals surface area contributed by atoms with E-state index in [1.807, 2.05) is 6.07 Å². The summed E-state index contributed by atoms with van der Waals surface area (Å²) in [5.41, 5.74) is 0.792. The molecule has 2 aromatic rings. The third kappa shape index (κ3) is 3.53. The molecule has 21 heavy (non-hydrogen) atoms. The van der Waals surface area contributed by atoms with Crippen LogP contribution in [-0.4, -0.2) is 39.5 Å². The highest BCUT2D eigenvalue weighted by Gasteiger charge is 2.17. The molecule has 0 N–H and O–H groups in total. The number of esters is 1. The van der Waals surface area contributed by atoms with Crippen LogP contribution in [0.25, 0.3) is 10.9 Å². The second-order valence-corrected chi connectivity index (χ2v) is 6.10. The van der Waals surface area contributed by atoms with Crippen molar-refractivity contribution in [3.05, 3.63) is 36.0 Å². The molecule has 0 amide bonds. The number of methoxy groups -OCH3 is 1. The normalized spacial score (nSPS) is 11.5. The number of rotatable bonds is 5. The highest BCUT2D eigenvalue weighted by atomic mass is 32.2. The van der Waals surface area contributed by atoms with Gasteiger partial charge < -0.3 is 4.74 Å². The van der Waals surface area contributed by atoms with E-state index in [0.29, 0.717) is 11.1 Å². The largest absolute Gasteiger partial charge is 0.465 e. The number of hydrogen-bond donors (Lipinski definition) is 0. The van der Waals surface area contributed by atoms with Crippen molar-refractivity contribution in [3.63, 3.8) is 0 Å². The molecule has 112 valence electrons. The molecular weight excluding hydrogens is 296 g/mol. The first-order chi connectivity index (χ1) is 9.96. The van der Waals surface area contributed by atoms with E-state index in [0.717, 1.165) is 12.5 Å². The van der Waals surface area contributed by atoms with Crippen LogP contribution >= 0.6 is 0 Å². The van der Waals surface area contributed by atoms with Gasteiger partial charge in [0, 0.05) is 16.6 Å². The molecule has 0 aliphatic rings. The van der Waals surface area contributed by atoms with Gasteiger partial charge in [0.2, 0.25) is 0 Å². The number of nitrogens with zero attached hydrogens (tertiary/aromatic N) is 2. The molecule has 2 rings (SSSR count). The van der Waals surface area contributed by atoms with Crippen molar-refractivity contribution < 1.29 is 26.8 Å². The van der Waals surface area contributed by atoms with Crippen molar-refractivity contribution in [2.75, 3.05) is 20.0 Å². The minimum absolute atomic E-state index is 0.127. The molecule has 0 aliphatic carbocycles. The molecule has 1 aromatic heterocycles. The second-order valence-electron chi connectivity index (χ2n) is 4.24. The standard InChI is InChI=1S/C13H15N2O5S/c1-19-13(16)11-5-3-4-10-6-7-15(14-12(10)11)8-9-21(17,18)20-2/h3-7H,8-9H2,1-2H3/q+1. The molecule has 7 nitrogen and oxygen atoms in total. The Kier molecular flexibility index (Phi) is 4.49. The zero-order chi connectivity index (χ0) is 15.5. The van der Waals surface area contributed by atoms with Crippen molar-refractivity contribution in [1.82, 2.24) is 5.10 Å². The SMILES string of the molecule is COC(=O)c1cccc2cc[n+](CCS(=O)(=O)OC)nc12. The number of fused-ring (bicyclic) bond motifs is 1. The van der Waals surface area contributed by atoms with Gasteiger partial charge in [-0.3, -0.25) is 4.18 Å². The number of carbonyl (C=O) groups is 1. The lowest BCUT2D eigenvalue weighted by molar-refractivity contribution is -0.747. The molecule has 0 bridgehead atoms. The molecule has 0 radical (unpaired) electrons. The number of ether oxygens (including phenoxy) is 1. The smallest absolute Gasteiger partial charge is 0.340 e. The van der Waals surface area contributed by atoms with Crippen molar-refractivity contribution in [1.29, 1.82) is 0 Å². The third-order valence-corrected chi connectivity index (χ3v) is 4.14. The Balaban J connectivity index is 2.38. The average molecular weight is 311 g/mol. The van der Waals surface area contributed by atoms with E-state index in [1.54, 1.807) is 24.4 Å². The van der Waals surface area contributed by atoms with Crippen LogP contribution < -0.4 is 4.68 Å². The Morgan fingerprint density at radius 3 is 2.71 bits per heavy atom. The molecule has 1 aromatic carbocycles. The molecule has 0 spiro atoms. The van der Waals surface area contributed by atoms with Crippen LogP contribution in [0, 0.1) is 0 Å². The highest BCUT2D eigenvalue weighted by Crippen LogP contribution is 2.15. The lowest BCUT2D eigenvalue weighted by Crippen LogP contribution is -2.41. The summed E-state index contributed by atoms with van der Waals surface area (Å²) in [6.07, 6.45) is 1.65. The van der Waals surface area contributed by atoms with Gasteiger partial charge in [-0.25, -0.2) is 4.79 Å². The maximum Gasteiger partial charge on any atom is 0.340 e. The average Bonchev–Trinajstić information content (AvgIpc) is 2.51. The first-order valence-corrected chi connectivity index (χ1v) is 7.70. The van der Waals surface area contributed by atoms with Crippen LogP contribution in [0.2, 0.25) is 0 Å². The number of aryl methyl sites for hydroxylation is 1. The number of hydrogen-bond acceptors (Lipinski definition) is 6. The predicted octanol–water partition coefficient (Wildman–Crippen LogP) is 0.285. The predicted molar refractivity (Wildman–Crippen MR) is 74.1 cm³/mol. The van der Waals surface area contributed by atoms with Crippen LogP contribution in [0.5, 0.6) is 0 Å². The fourth-order valence-electron chi connectivity index (χ4n) is 1.82. The molecule has 0 saturated heterocycles. The van der Waals surface area contributed by atoms with Crippen LogP contribution in [0.3, 0.4) is 0 Å². The van der Waals surface area contributed by atoms with Crippen molar-refractivity contribution in [3.8, 4) is 0 Å². The van der Waals surface area contributed by atoms with E-state index in [-0.39, 0.29) is 12.3 Å². The van der Waals surface area contributed by atoms with E-state index < -0.39 is 16.1 Å². The van der Waals surface area contributed by atoms with Gasteiger partial charge in [0.1, 0.15) is 5.75 Å². The van der Waals surface area contributed by atoms with Crippen LogP contribution in [0.4, 0.5) is 0 Å². The van der Waals surface area contributed by atoms with E-state index in [4.69, 9.17) is 4.74 Å². The molecule has 0 fully saturated rings. The van der Waals surface area contributed by atoms with Gasteiger partial charge in [-0.1, -0.05) is 16.8 Å². The maximum atomic E-state index is 11.7. The van der Waals surface area contributed by atoms with Gasteiger partial charge in [0.05, 0.1) is 19.8 Å². The fourth-order valence-corrected chi connectivity index (χ4v) is 2.40. The molecule has 0 atom stereocenters. The van der Waals surface area contributed by atoms with Crippen LogP contribution in [-0.2, 0) is 25.6 Å². The van der Waals surface area contributed by atoms with Gasteiger partial charge >= 0.3 is 5.97 Å². The highest BCUT2D eigenvalue weighted by molar-refractivity contribution is 7.86. The minimum atomic E-state index is -3.55. The van der Waals surface area contributed by atoms with E-state index in [2.05, 4.69) is 9.28 Å². The summed E-state index contributed by atoms with van der Waals surface area (Å²) in [5, 5.41) is 5.04. The number of aromatic nitrogens is 2. The summed E-state index contributed by atoms with van der Waals surface area (Å²) in [6.45, 7) is 0.127. The minimum Gasteiger partial charge on any atom is -0.465 e. The Morgan fingerprint density at radius 1 is 1.29 bits per heavy atom. The Bertz CT molecular complexity index is 773. The second kappa shape index (κ2) is 6.15. The molecule has 8 heteroatoms. The van der Waals surface area contributed by atoms with Crippen LogP contribution in [0.1, 0.15) is 10.4 Å². The van der Waals surface area contributed by atoms with Crippen molar-refractivity contribution in [2.45, 2.75) is 6.54 Å². The molecular formula is C13H15N2O5S+. The monoisotopic (exact) mass is 311 g/mol. The van der Waals surface area contributed by atoms with Crippen molar-refractivity contribution >= 4 is 27.0 Å². The van der Waals surface area contributed by atoms with E-state index >= 15 is 0 Å². The fraction of sp³-hybridized carbons (Fsp3) is 0.308. The third-order valence-electron chi connectivity index (χ3n) is 2.95. The number of benzene rings is 1. The topological polar surface area (TPSA) is 86.4 Å². The van der Waals surface area contributed by atoms with E-state index in [9.17, 15) is 13.2 Å². The van der Waals surface area contributed by atoms with Crippen molar-refractivity contribution in [2.24, 2.45) is 0 Å². The van der Waals surface area contributed by atoms with Gasteiger partial charge in [-0.05, 0) is 6.07 Å². The van der Waals surface area contributed by atoms with Gasteiger partial charge in [0.15, 0.2) is 18.3 Å². The quantitative estimate of drug-likeness (QED) is 0.448. The zero-order valence-corrected chi connectivity index (χ0v) is 12.5. The number of carbonyl (C=O) groups excluding carboxylic acids is 1. The summed E-state index contributed by atoms with van der Waals surface area (Å²) in [7, 11) is -1.15. The van der Waals surface area contributed by atoms with E-state index in [1.165, 1.54) is 11.8 Å². The maximum absolute atomic E-state index is 11.7. The first-order valence-electron chi connectivity index (χ1n) is 6.13. The van der Waals surface area contributed by atoms with Gasteiger partial charge in [-0.15, -0.1) is 0 Å². The zero-order valence-electron chi connectivity index (χ0n) is 11.6. The lowest BCUT2D eigenvalue weighted by Gasteiger charge is -2.02. The lowest BCUT2D eigenvalue weighted by atomic mass is 10.1. The first kappa shape index (κ1) is 15.3. The molecule has 1 heterocycles. The van der Waals surface area contributed by atoms with Gasteiger partial charge in [-0.2, -0.15) is 8.42 Å². The Labute approximate surface area is 122 Å². The summed E-state index contributed by atoms with van der Waals surface area (Å²) >= 11 is 0. The Hall–Kier alpha value is -2.06.